The number of carboxylic acids is 1. The van der Waals surface area contributed by atoms with Crippen molar-refractivity contribution in [3.8, 4) is 0 Å². The number of aliphatic carboxylic acids is 1. The van der Waals surface area contributed by atoms with E-state index in [1.807, 2.05) is 30.1 Å². The lowest BCUT2D eigenvalue weighted by Gasteiger charge is -2.15. The van der Waals surface area contributed by atoms with Crippen LogP contribution in [0.5, 0.6) is 0 Å². The lowest BCUT2D eigenvalue weighted by Crippen LogP contribution is -2.24. The molecule has 1 aromatic carbocycles. The summed E-state index contributed by atoms with van der Waals surface area (Å²) in [4.78, 5) is 12.4. The van der Waals surface area contributed by atoms with Gasteiger partial charge in [-0.1, -0.05) is 34.1 Å². The Morgan fingerprint density at radius 1 is 1.38 bits per heavy atom. The molecule has 0 fully saturated rings. The summed E-state index contributed by atoms with van der Waals surface area (Å²) >= 11 is 3.50. The van der Waals surface area contributed by atoms with Crippen LogP contribution in [0.2, 0.25) is 0 Å². The predicted octanol–water partition coefficient (Wildman–Crippen LogP) is 2.40. The Bertz CT molecular complexity index is 355. The highest BCUT2D eigenvalue weighted by molar-refractivity contribution is 9.10. The fourth-order valence-corrected chi connectivity index (χ4v) is 1.89. The molecule has 4 heteroatoms. The van der Waals surface area contributed by atoms with Crippen molar-refractivity contribution in [3.63, 3.8) is 0 Å². The smallest absolute Gasteiger partial charge is 0.304 e. The lowest BCUT2D eigenvalue weighted by atomic mass is 10.1. The number of hydrogen-bond donors (Lipinski definition) is 1. The van der Waals surface area contributed by atoms with Crippen molar-refractivity contribution in [2.75, 3.05) is 20.1 Å². The highest BCUT2D eigenvalue weighted by Gasteiger charge is 2.04. The first-order valence-electron chi connectivity index (χ1n) is 5.23. The highest BCUT2D eigenvalue weighted by Crippen LogP contribution is 2.16. The average Bonchev–Trinajstić information content (AvgIpc) is 2.25. The van der Waals surface area contributed by atoms with E-state index in [4.69, 9.17) is 5.11 Å². The molecule has 0 saturated carbocycles. The van der Waals surface area contributed by atoms with Gasteiger partial charge in [0, 0.05) is 17.6 Å². The van der Waals surface area contributed by atoms with Gasteiger partial charge in [0.05, 0.1) is 6.42 Å². The van der Waals surface area contributed by atoms with E-state index in [0.29, 0.717) is 6.54 Å². The molecule has 1 aromatic rings. The summed E-state index contributed by atoms with van der Waals surface area (Å²) in [5, 5.41) is 8.56. The van der Waals surface area contributed by atoms with Crippen molar-refractivity contribution in [1.82, 2.24) is 4.90 Å². The quantitative estimate of drug-likeness (QED) is 0.873. The number of halogens is 1. The second-order valence-electron chi connectivity index (χ2n) is 3.79. The fourth-order valence-electron chi connectivity index (χ4n) is 1.41. The number of benzene rings is 1. The number of carboxylic acid groups (broad SMARTS) is 1. The Hall–Kier alpha value is -0.870. The van der Waals surface area contributed by atoms with Crippen LogP contribution in [0.1, 0.15) is 12.0 Å². The molecule has 0 bridgehead atoms. The molecule has 88 valence electrons. The largest absolute Gasteiger partial charge is 0.481 e. The summed E-state index contributed by atoms with van der Waals surface area (Å²) in [6.45, 7) is 1.47. The van der Waals surface area contributed by atoms with Gasteiger partial charge >= 0.3 is 5.97 Å². The minimum absolute atomic E-state index is 0.201. The zero-order chi connectivity index (χ0) is 12.0. The summed E-state index contributed by atoms with van der Waals surface area (Å²) in [7, 11) is 1.94. The van der Waals surface area contributed by atoms with Crippen molar-refractivity contribution >= 4 is 21.9 Å². The Kier molecular flexibility index (Phi) is 5.49. The van der Waals surface area contributed by atoms with E-state index in [-0.39, 0.29) is 6.42 Å². The minimum Gasteiger partial charge on any atom is -0.481 e. The first-order valence-corrected chi connectivity index (χ1v) is 6.02. The van der Waals surface area contributed by atoms with Crippen LogP contribution in [0.3, 0.4) is 0 Å². The maximum atomic E-state index is 10.4. The summed E-state index contributed by atoms with van der Waals surface area (Å²) < 4.78 is 1.11. The SMILES string of the molecule is CN(CCC(=O)O)CCc1ccccc1Br. The van der Waals surface area contributed by atoms with Gasteiger partial charge < -0.3 is 10.0 Å². The van der Waals surface area contributed by atoms with Crippen LogP contribution in [-0.2, 0) is 11.2 Å². The summed E-state index contributed by atoms with van der Waals surface area (Å²) in [6.07, 6.45) is 1.13. The molecule has 1 N–H and O–H groups in total. The number of hydrogen-bond acceptors (Lipinski definition) is 2. The zero-order valence-corrected chi connectivity index (χ0v) is 10.9. The molecular formula is C12H16BrNO2. The molecule has 0 aliphatic rings. The molecule has 16 heavy (non-hydrogen) atoms. The van der Waals surface area contributed by atoms with Gasteiger partial charge in [-0.2, -0.15) is 0 Å². The highest BCUT2D eigenvalue weighted by atomic mass is 79.9. The Morgan fingerprint density at radius 2 is 2.06 bits per heavy atom. The second-order valence-corrected chi connectivity index (χ2v) is 4.64. The van der Waals surface area contributed by atoms with E-state index in [1.165, 1.54) is 5.56 Å². The van der Waals surface area contributed by atoms with Crippen LogP contribution in [-0.4, -0.2) is 36.1 Å². The molecular weight excluding hydrogens is 270 g/mol. The molecule has 0 aliphatic heterocycles. The third kappa shape index (κ3) is 4.77. The normalized spacial score (nSPS) is 10.7. The van der Waals surface area contributed by atoms with Gasteiger partial charge in [-0.05, 0) is 25.1 Å². The van der Waals surface area contributed by atoms with Crippen LogP contribution in [0, 0.1) is 0 Å². The van der Waals surface area contributed by atoms with Gasteiger partial charge in [0.15, 0.2) is 0 Å². The molecule has 0 spiro atoms. The molecule has 0 radical (unpaired) electrons. The van der Waals surface area contributed by atoms with E-state index in [2.05, 4.69) is 22.0 Å². The summed E-state index contributed by atoms with van der Waals surface area (Å²) in [6, 6.07) is 8.10. The van der Waals surface area contributed by atoms with Crippen molar-refractivity contribution < 1.29 is 9.90 Å². The van der Waals surface area contributed by atoms with Crippen LogP contribution < -0.4 is 0 Å². The van der Waals surface area contributed by atoms with Crippen molar-refractivity contribution in [2.45, 2.75) is 12.8 Å². The van der Waals surface area contributed by atoms with Gasteiger partial charge in [-0.15, -0.1) is 0 Å². The molecule has 0 aromatic heterocycles. The summed E-state index contributed by atoms with van der Waals surface area (Å²) in [5.41, 5.74) is 1.25. The summed E-state index contributed by atoms with van der Waals surface area (Å²) in [5.74, 6) is -0.743. The molecule has 0 heterocycles. The van der Waals surface area contributed by atoms with Gasteiger partial charge in [0.1, 0.15) is 0 Å². The van der Waals surface area contributed by atoms with Gasteiger partial charge in [0.25, 0.3) is 0 Å². The van der Waals surface area contributed by atoms with E-state index in [1.54, 1.807) is 0 Å². The molecule has 0 amide bonds. The van der Waals surface area contributed by atoms with Crippen LogP contribution >= 0.6 is 15.9 Å². The number of likely N-dealkylation sites (N-methyl/N-ethyl adjacent to an activating group) is 1. The van der Waals surface area contributed by atoms with Crippen molar-refractivity contribution in [2.24, 2.45) is 0 Å². The van der Waals surface area contributed by atoms with E-state index in [9.17, 15) is 4.79 Å². The molecule has 0 saturated heterocycles. The fraction of sp³-hybridized carbons (Fsp3) is 0.417. The third-order valence-electron chi connectivity index (χ3n) is 2.43. The first-order chi connectivity index (χ1) is 7.59. The van der Waals surface area contributed by atoms with Crippen molar-refractivity contribution in [3.05, 3.63) is 34.3 Å². The van der Waals surface area contributed by atoms with Crippen LogP contribution in [0.25, 0.3) is 0 Å². The Balaban J connectivity index is 2.34. The molecule has 0 aliphatic carbocycles. The Morgan fingerprint density at radius 3 is 2.69 bits per heavy atom. The van der Waals surface area contributed by atoms with Gasteiger partial charge in [-0.25, -0.2) is 0 Å². The maximum absolute atomic E-state index is 10.4. The number of rotatable bonds is 6. The molecule has 0 unspecified atom stereocenters. The zero-order valence-electron chi connectivity index (χ0n) is 9.32. The molecule has 3 nitrogen and oxygen atoms in total. The van der Waals surface area contributed by atoms with Crippen LogP contribution in [0.4, 0.5) is 0 Å². The van der Waals surface area contributed by atoms with Crippen LogP contribution in [0.15, 0.2) is 28.7 Å². The monoisotopic (exact) mass is 285 g/mol. The first kappa shape index (κ1) is 13.2. The Labute approximate surface area is 104 Å². The number of nitrogens with zero attached hydrogens (tertiary/aromatic N) is 1. The standard InChI is InChI=1S/C12H16BrNO2/c1-14(9-7-12(15)16)8-6-10-4-2-3-5-11(10)13/h2-5H,6-9H2,1H3,(H,15,16). The second kappa shape index (κ2) is 6.66. The third-order valence-corrected chi connectivity index (χ3v) is 3.20. The average molecular weight is 286 g/mol. The van der Waals surface area contributed by atoms with E-state index >= 15 is 0 Å². The number of carbonyl (C=O) groups is 1. The van der Waals surface area contributed by atoms with Gasteiger partial charge in [0.2, 0.25) is 0 Å². The minimum atomic E-state index is -0.743. The van der Waals surface area contributed by atoms with Gasteiger partial charge in [-0.3, -0.25) is 4.79 Å². The molecule has 1 rings (SSSR count). The van der Waals surface area contributed by atoms with E-state index in [0.717, 1.165) is 17.4 Å². The van der Waals surface area contributed by atoms with Crippen molar-refractivity contribution in [1.29, 1.82) is 0 Å². The van der Waals surface area contributed by atoms with E-state index < -0.39 is 5.97 Å². The topological polar surface area (TPSA) is 40.5 Å². The lowest BCUT2D eigenvalue weighted by molar-refractivity contribution is -0.137. The maximum Gasteiger partial charge on any atom is 0.304 e. The molecule has 0 atom stereocenters. The predicted molar refractivity (Wildman–Crippen MR) is 67.6 cm³/mol.